The highest BCUT2D eigenvalue weighted by atomic mass is 16.4. The fourth-order valence-corrected chi connectivity index (χ4v) is 3.39. The summed E-state index contributed by atoms with van der Waals surface area (Å²) in [4.78, 5) is 11.4. The van der Waals surface area contributed by atoms with E-state index in [1.807, 2.05) is 0 Å². The van der Waals surface area contributed by atoms with E-state index in [0.717, 1.165) is 12.8 Å². The Bertz CT molecular complexity index is 243. The van der Waals surface area contributed by atoms with Crippen LogP contribution in [0.4, 0.5) is 0 Å². The third kappa shape index (κ3) is 1.27. The lowest BCUT2D eigenvalue weighted by atomic mass is 9.87. The number of carbonyl (C=O) groups is 1. The van der Waals surface area contributed by atoms with Crippen LogP contribution < -0.4 is 0 Å². The van der Waals surface area contributed by atoms with Gasteiger partial charge in [-0.2, -0.15) is 0 Å². The lowest BCUT2D eigenvalue weighted by Gasteiger charge is -2.17. The molecule has 0 aliphatic heterocycles. The van der Waals surface area contributed by atoms with Crippen molar-refractivity contribution in [2.45, 2.75) is 47.5 Å². The second kappa shape index (κ2) is 3.25. The molecule has 0 spiro atoms. The van der Waals surface area contributed by atoms with E-state index in [2.05, 4.69) is 34.6 Å². The zero-order valence-electron chi connectivity index (χ0n) is 9.92. The maximum absolute atomic E-state index is 11.4. The third-order valence-corrected chi connectivity index (χ3v) is 4.05. The summed E-state index contributed by atoms with van der Waals surface area (Å²) < 4.78 is 0. The van der Waals surface area contributed by atoms with Gasteiger partial charge < -0.3 is 5.11 Å². The first kappa shape index (κ1) is 11.5. The summed E-state index contributed by atoms with van der Waals surface area (Å²) in [6.07, 6.45) is 1.79. The minimum absolute atomic E-state index is 0.0160. The number of hydrogen-bond acceptors (Lipinski definition) is 1. The minimum atomic E-state index is -0.594. The van der Waals surface area contributed by atoms with E-state index in [9.17, 15) is 9.90 Å². The second-order valence-electron chi connectivity index (χ2n) is 5.56. The fourth-order valence-electron chi connectivity index (χ4n) is 3.39. The van der Waals surface area contributed by atoms with Gasteiger partial charge in [-0.3, -0.25) is 4.79 Å². The molecule has 0 aromatic rings. The van der Waals surface area contributed by atoms with Gasteiger partial charge in [0.1, 0.15) is 0 Å². The van der Waals surface area contributed by atoms with Gasteiger partial charge in [-0.25, -0.2) is 0 Å². The largest absolute Gasteiger partial charge is 0.481 e. The molecule has 0 heterocycles. The molecule has 0 amide bonds. The second-order valence-corrected chi connectivity index (χ2v) is 5.56. The van der Waals surface area contributed by atoms with Crippen molar-refractivity contribution in [3.05, 3.63) is 0 Å². The topological polar surface area (TPSA) is 37.3 Å². The van der Waals surface area contributed by atoms with E-state index in [4.69, 9.17) is 0 Å². The molecule has 1 fully saturated rings. The molecule has 0 radical (unpaired) electrons. The summed E-state index contributed by atoms with van der Waals surface area (Å²) in [6.45, 7) is 10.5. The van der Waals surface area contributed by atoms with Crippen LogP contribution >= 0.6 is 0 Å². The molecule has 1 aliphatic rings. The number of rotatable bonds is 4. The minimum Gasteiger partial charge on any atom is -0.481 e. The summed E-state index contributed by atoms with van der Waals surface area (Å²) in [5, 5.41) is 9.39. The van der Waals surface area contributed by atoms with E-state index in [1.165, 1.54) is 0 Å². The normalized spacial score (nSPS) is 34.6. The van der Waals surface area contributed by atoms with Crippen molar-refractivity contribution in [2.75, 3.05) is 0 Å². The van der Waals surface area contributed by atoms with Crippen LogP contribution in [0.2, 0.25) is 0 Å². The quantitative estimate of drug-likeness (QED) is 0.753. The molecule has 14 heavy (non-hydrogen) atoms. The Morgan fingerprint density at radius 2 is 1.93 bits per heavy atom. The van der Waals surface area contributed by atoms with Crippen molar-refractivity contribution in [3.63, 3.8) is 0 Å². The van der Waals surface area contributed by atoms with E-state index < -0.39 is 11.4 Å². The van der Waals surface area contributed by atoms with E-state index in [0.29, 0.717) is 11.8 Å². The van der Waals surface area contributed by atoms with Crippen molar-refractivity contribution in [3.8, 4) is 0 Å². The smallest absolute Gasteiger partial charge is 0.310 e. The molecule has 1 rings (SSSR count). The van der Waals surface area contributed by atoms with Crippen LogP contribution in [0.5, 0.6) is 0 Å². The van der Waals surface area contributed by atoms with Crippen LogP contribution in [0.25, 0.3) is 0 Å². The predicted molar refractivity (Wildman–Crippen MR) is 57.1 cm³/mol. The molecule has 1 N–H and O–H groups in total. The molecular weight excluding hydrogens is 176 g/mol. The van der Waals surface area contributed by atoms with Crippen LogP contribution in [0.1, 0.15) is 47.5 Å². The zero-order valence-corrected chi connectivity index (χ0v) is 9.92. The number of aliphatic carboxylic acids is 1. The van der Waals surface area contributed by atoms with Gasteiger partial charge in [-0.05, 0) is 23.7 Å². The molecule has 0 aromatic carbocycles. The first-order chi connectivity index (χ1) is 6.30. The SMILES string of the molecule is CCC1C(C)(C)C1(CC(C)C)C(=O)O. The average Bonchev–Trinajstić information content (AvgIpc) is 2.47. The van der Waals surface area contributed by atoms with Crippen molar-refractivity contribution >= 4 is 5.97 Å². The molecule has 2 atom stereocenters. The molecule has 82 valence electrons. The Balaban J connectivity index is 2.93. The summed E-state index contributed by atoms with van der Waals surface area (Å²) in [7, 11) is 0. The van der Waals surface area contributed by atoms with Gasteiger partial charge in [0, 0.05) is 0 Å². The molecule has 0 saturated heterocycles. The van der Waals surface area contributed by atoms with Gasteiger partial charge in [0.15, 0.2) is 0 Å². The van der Waals surface area contributed by atoms with Gasteiger partial charge in [0.2, 0.25) is 0 Å². The van der Waals surface area contributed by atoms with Crippen LogP contribution in [0, 0.1) is 22.7 Å². The Hall–Kier alpha value is -0.530. The van der Waals surface area contributed by atoms with Gasteiger partial charge in [0.05, 0.1) is 5.41 Å². The molecular formula is C12H22O2. The van der Waals surface area contributed by atoms with Gasteiger partial charge in [-0.15, -0.1) is 0 Å². The Labute approximate surface area is 86.7 Å². The number of carboxylic acid groups (broad SMARTS) is 1. The lowest BCUT2D eigenvalue weighted by Crippen LogP contribution is -2.23. The molecule has 1 aliphatic carbocycles. The third-order valence-electron chi connectivity index (χ3n) is 4.05. The van der Waals surface area contributed by atoms with Crippen LogP contribution in [-0.2, 0) is 4.79 Å². The molecule has 1 saturated carbocycles. The van der Waals surface area contributed by atoms with Crippen LogP contribution in [-0.4, -0.2) is 11.1 Å². The number of hydrogen-bond donors (Lipinski definition) is 1. The first-order valence-electron chi connectivity index (χ1n) is 5.54. The van der Waals surface area contributed by atoms with E-state index in [-0.39, 0.29) is 5.41 Å². The van der Waals surface area contributed by atoms with Crippen molar-refractivity contribution in [2.24, 2.45) is 22.7 Å². The van der Waals surface area contributed by atoms with Crippen LogP contribution in [0.3, 0.4) is 0 Å². The first-order valence-corrected chi connectivity index (χ1v) is 5.54. The monoisotopic (exact) mass is 198 g/mol. The predicted octanol–water partition coefficient (Wildman–Crippen LogP) is 3.17. The van der Waals surface area contributed by atoms with Gasteiger partial charge in [-0.1, -0.05) is 41.0 Å². The average molecular weight is 198 g/mol. The summed E-state index contributed by atoms with van der Waals surface area (Å²) in [5.41, 5.74) is -0.465. The fraction of sp³-hybridized carbons (Fsp3) is 0.917. The van der Waals surface area contributed by atoms with Crippen LogP contribution in [0.15, 0.2) is 0 Å². The van der Waals surface area contributed by atoms with Crippen molar-refractivity contribution in [1.82, 2.24) is 0 Å². The Kier molecular flexibility index (Phi) is 2.68. The Morgan fingerprint density at radius 3 is 2.14 bits per heavy atom. The summed E-state index contributed by atoms with van der Waals surface area (Å²) in [6, 6.07) is 0. The summed E-state index contributed by atoms with van der Waals surface area (Å²) >= 11 is 0. The molecule has 2 unspecified atom stereocenters. The zero-order chi connectivity index (χ0) is 11.1. The van der Waals surface area contributed by atoms with Gasteiger partial charge >= 0.3 is 5.97 Å². The molecule has 0 aromatic heterocycles. The molecule has 2 heteroatoms. The van der Waals surface area contributed by atoms with Gasteiger partial charge in [0.25, 0.3) is 0 Å². The highest BCUT2D eigenvalue weighted by molar-refractivity contribution is 5.80. The maximum Gasteiger partial charge on any atom is 0.310 e. The highest BCUT2D eigenvalue weighted by Crippen LogP contribution is 2.72. The Morgan fingerprint density at radius 1 is 1.43 bits per heavy atom. The standard InChI is InChI=1S/C12H22O2/c1-6-9-11(4,5)12(9,10(13)14)7-8(2)3/h8-9H,6-7H2,1-5H3,(H,13,14). The van der Waals surface area contributed by atoms with Crippen molar-refractivity contribution in [1.29, 1.82) is 0 Å². The van der Waals surface area contributed by atoms with Crippen molar-refractivity contribution < 1.29 is 9.90 Å². The lowest BCUT2D eigenvalue weighted by molar-refractivity contribution is -0.146. The highest BCUT2D eigenvalue weighted by Gasteiger charge is 2.74. The molecule has 0 bridgehead atoms. The van der Waals surface area contributed by atoms with E-state index >= 15 is 0 Å². The molecule has 2 nitrogen and oxygen atoms in total. The summed E-state index contributed by atoms with van der Waals surface area (Å²) in [5.74, 6) is 0.222. The number of carboxylic acids is 1. The maximum atomic E-state index is 11.4. The van der Waals surface area contributed by atoms with E-state index in [1.54, 1.807) is 0 Å².